The Kier molecular flexibility index (Phi) is 4.18. The summed E-state index contributed by atoms with van der Waals surface area (Å²) < 4.78 is 0. The van der Waals surface area contributed by atoms with Crippen molar-refractivity contribution in [3.8, 4) is 0 Å². The van der Waals surface area contributed by atoms with Crippen molar-refractivity contribution in [2.75, 3.05) is 13.1 Å². The van der Waals surface area contributed by atoms with E-state index < -0.39 is 5.60 Å². The van der Waals surface area contributed by atoms with Gasteiger partial charge in [0.25, 0.3) is 0 Å². The molecule has 2 aliphatic carbocycles. The molecule has 1 aromatic carbocycles. The van der Waals surface area contributed by atoms with E-state index in [2.05, 4.69) is 36.1 Å². The number of carbonyl (C=O) groups is 1. The fourth-order valence-electron chi connectivity index (χ4n) is 5.31. The number of nitrogens with zero attached hydrogens (tertiary/aromatic N) is 1. The molecule has 1 N–H and O–H groups in total. The fraction of sp³-hybridized carbons (Fsp3) is 0.682. The molecule has 3 nitrogen and oxygen atoms in total. The van der Waals surface area contributed by atoms with E-state index in [1.807, 2.05) is 6.92 Å². The first kappa shape index (κ1) is 17.1. The minimum Gasteiger partial charge on any atom is -0.390 e. The predicted molar refractivity (Wildman–Crippen MR) is 99.2 cm³/mol. The molecular weight excluding hydrogens is 310 g/mol. The van der Waals surface area contributed by atoms with Gasteiger partial charge in [-0.1, -0.05) is 24.3 Å². The van der Waals surface area contributed by atoms with Gasteiger partial charge in [0, 0.05) is 24.4 Å². The molecule has 1 saturated heterocycles. The lowest BCUT2D eigenvalue weighted by Crippen LogP contribution is -2.62. The smallest absolute Gasteiger partial charge is 0.225 e. The monoisotopic (exact) mass is 341 g/mol. The Hall–Kier alpha value is -1.35. The standard InChI is InChI=1S/C22H31NO2/c1-16-5-3-4-6-18(16)11-17-7-9-22(10-8-17)14-23(15-22)20(24)19-12-21(2,25)13-19/h3-6,17,19,25H,7-15H2,1-2H3/t19-,21+. The SMILES string of the molecule is Cc1ccccc1CC1CCC2(CC1)CN(C(=O)[C@H]1C[C@@](C)(O)C1)C2. The van der Waals surface area contributed by atoms with Gasteiger partial charge in [0.1, 0.15) is 0 Å². The summed E-state index contributed by atoms with van der Waals surface area (Å²) in [6.07, 6.45) is 7.65. The first-order chi connectivity index (χ1) is 11.9. The Bertz CT molecular complexity index is 642. The van der Waals surface area contributed by atoms with E-state index >= 15 is 0 Å². The topological polar surface area (TPSA) is 40.5 Å². The fourth-order valence-corrected chi connectivity index (χ4v) is 5.31. The van der Waals surface area contributed by atoms with Crippen LogP contribution in [0.1, 0.15) is 56.6 Å². The Morgan fingerprint density at radius 3 is 2.44 bits per heavy atom. The molecule has 1 aliphatic heterocycles. The number of likely N-dealkylation sites (tertiary alicyclic amines) is 1. The van der Waals surface area contributed by atoms with Crippen LogP contribution in [0, 0.1) is 24.2 Å². The third-order valence-corrected chi connectivity index (χ3v) is 7.02. The number of hydrogen-bond acceptors (Lipinski definition) is 2. The molecule has 1 aromatic rings. The number of hydrogen-bond donors (Lipinski definition) is 1. The Labute approximate surface area is 151 Å². The molecule has 0 bridgehead atoms. The van der Waals surface area contributed by atoms with Crippen molar-refractivity contribution < 1.29 is 9.90 Å². The van der Waals surface area contributed by atoms with Crippen molar-refractivity contribution in [3.05, 3.63) is 35.4 Å². The molecule has 136 valence electrons. The number of rotatable bonds is 3. The largest absolute Gasteiger partial charge is 0.390 e. The summed E-state index contributed by atoms with van der Waals surface area (Å²) in [5, 5.41) is 9.85. The van der Waals surface area contributed by atoms with E-state index in [1.165, 1.54) is 43.2 Å². The maximum absolute atomic E-state index is 12.5. The van der Waals surface area contributed by atoms with Crippen molar-refractivity contribution in [1.29, 1.82) is 0 Å². The molecular formula is C22H31NO2. The quantitative estimate of drug-likeness (QED) is 0.910. The highest BCUT2D eigenvalue weighted by Crippen LogP contribution is 2.48. The molecule has 3 aliphatic rings. The molecule has 3 heteroatoms. The number of amides is 1. The zero-order valence-electron chi connectivity index (χ0n) is 15.6. The molecule has 1 heterocycles. The van der Waals surface area contributed by atoms with Crippen LogP contribution in [0.2, 0.25) is 0 Å². The molecule has 25 heavy (non-hydrogen) atoms. The van der Waals surface area contributed by atoms with Gasteiger partial charge < -0.3 is 10.0 Å². The van der Waals surface area contributed by atoms with Crippen LogP contribution in [0.4, 0.5) is 0 Å². The van der Waals surface area contributed by atoms with E-state index in [-0.39, 0.29) is 5.92 Å². The summed E-state index contributed by atoms with van der Waals surface area (Å²) in [4.78, 5) is 14.5. The van der Waals surface area contributed by atoms with Gasteiger partial charge in [-0.3, -0.25) is 4.79 Å². The maximum atomic E-state index is 12.5. The summed E-state index contributed by atoms with van der Waals surface area (Å²) in [6, 6.07) is 8.76. The van der Waals surface area contributed by atoms with Crippen LogP contribution in [0.5, 0.6) is 0 Å². The summed E-state index contributed by atoms with van der Waals surface area (Å²) in [5.41, 5.74) is 2.73. The van der Waals surface area contributed by atoms with Gasteiger partial charge >= 0.3 is 0 Å². The van der Waals surface area contributed by atoms with Crippen LogP contribution in [0.15, 0.2) is 24.3 Å². The minimum absolute atomic E-state index is 0.0738. The number of carbonyl (C=O) groups excluding carboxylic acids is 1. The lowest BCUT2D eigenvalue weighted by atomic mass is 9.64. The molecule has 0 unspecified atom stereocenters. The summed E-state index contributed by atoms with van der Waals surface area (Å²) in [7, 11) is 0. The van der Waals surface area contributed by atoms with E-state index in [1.54, 1.807) is 0 Å². The van der Waals surface area contributed by atoms with Crippen LogP contribution in [0.25, 0.3) is 0 Å². The normalized spacial score (nSPS) is 31.5. The third kappa shape index (κ3) is 3.36. The molecule has 1 amide bonds. The van der Waals surface area contributed by atoms with E-state index in [4.69, 9.17) is 0 Å². The van der Waals surface area contributed by atoms with Crippen molar-refractivity contribution >= 4 is 5.91 Å². The number of aryl methyl sites for hydroxylation is 1. The van der Waals surface area contributed by atoms with Gasteiger partial charge in [0.2, 0.25) is 5.91 Å². The Morgan fingerprint density at radius 2 is 1.84 bits per heavy atom. The Morgan fingerprint density at radius 1 is 1.20 bits per heavy atom. The first-order valence-electron chi connectivity index (χ1n) is 9.92. The predicted octanol–water partition coefficient (Wildman–Crippen LogP) is 3.72. The van der Waals surface area contributed by atoms with Gasteiger partial charge in [-0.05, 0) is 75.8 Å². The van der Waals surface area contributed by atoms with Gasteiger partial charge in [-0.25, -0.2) is 0 Å². The van der Waals surface area contributed by atoms with Crippen LogP contribution < -0.4 is 0 Å². The highest BCUT2D eigenvalue weighted by atomic mass is 16.3. The average Bonchev–Trinajstić information content (AvgIpc) is 2.53. The molecule has 1 spiro atoms. The molecule has 2 saturated carbocycles. The zero-order valence-corrected chi connectivity index (χ0v) is 15.6. The second kappa shape index (κ2) is 6.12. The van der Waals surface area contributed by atoms with Gasteiger partial charge in [0.05, 0.1) is 5.60 Å². The molecule has 0 aromatic heterocycles. The summed E-state index contributed by atoms with van der Waals surface area (Å²) >= 11 is 0. The minimum atomic E-state index is -0.601. The van der Waals surface area contributed by atoms with Crippen molar-refractivity contribution in [3.63, 3.8) is 0 Å². The summed E-state index contributed by atoms with van der Waals surface area (Å²) in [5.74, 6) is 1.17. The van der Waals surface area contributed by atoms with Crippen LogP contribution in [0.3, 0.4) is 0 Å². The second-order valence-electron chi connectivity index (χ2n) is 9.37. The van der Waals surface area contributed by atoms with Crippen LogP contribution >= 0.6 is 0 Å². The van der Waals surface area contributed by atoms with Gasteiger partial charge in [-0.2, -0.15) is 0 Å². The van der Waals surface area contributed by atoms with Crippen LogP contribution in [-0.2, 0) is 11.2 Å². The summed E-state index contributed by atoms with van der Waals surface area (Å²) in [6.45, 7) is 5.97. The first-order valence-corrected chi connectivity index (χ1v) is 9.92. The van der Waals surface area contributed by atoms with E-state index in [0.29, 0.717) is 24.2 Å². The Balaban J connectivity index is 1.25. The molecule has 3 fully saturated rings. The van der Waals surface area contributed by atoms with Gasteiger partial charge in [0.15, 0.2) is 0 Å². The molecule has 4 rings (SSSR count). The van der Waals surface area contributed by atoms with E-state index in [0.717, 1.165) is 19.0 Å². The van der Waals surface area contributed by atoms with Gasteiger partial charge in [-0.15, -0.1) is 0 Å². The lowest BCUT2D eigenvalue weighted by molar-refractivity contribution is -0.163. The molecule has 0 atom stereocenters. The molecule has 0 radical (unpaired) electrons. The van der Waals surface area contributed by atoms with E-state index in [9.17, 15) is 9.90 Å². The average molecular weight is 341 g/mol. The zero-order chi connectivity index (χ0) is 17.7. The van der Waals surface area contributed by atoms with Crippen LogP contribution in [-0.4, -0.2) is 34.6 Å². The highest BCUT2D eigenvalue weighted by Gasteiger charge is 2.51. The second-order valence-corrected chi connectivity index (χ2v) is 9.37. The number of aliphatic hydroxyl groups is 1. The van der Waals surface area contributed by atoms with Crippen molar-refractivity contribution in [1.82, 2.24) is 4.90 Å². The maximum Gasteiger partial charge on any atom is 0.225 e. The van der Waals surface area contributed by atoms with Crippen molar-refractivity contribution in [2.45, 2.75) is 64.4 Å². The lowest BCUT2D eigenvalue weighted by Gasteiger charge is -2.55. The van der Waals surface area contributed by atoms with Crippen molar-refractivity contribution in [2.24, 2.45) is 17.3 Å². The highest BCUT2D eigenvalue weighted by molar-refractivity contribution is 5.81. The third-order valence-electron chi connectivity index (χ3n) is 7.02. The number of benzene rings is 1.